The predicted molar refractivity (Wildman–Crippen MR) is 117 cm³/mol. The number of hydrogen-bond donors (Lipinski definition) is 2. The number of carbonyl (C=O) groups is 1. The zero-order chi connectivity index (χ0) is 26.8. The molecule has 0 atom stereocenters. The van der Waals surface area contributed by atoms with E-state index in [1.165, 1.54) is 13.2 Å². The van der Waals surface area contributed by atoms with Crippen LogP contribution in [0.5, 0.6) is 11.5 Å². The Morgan fingerprint density at radius 2 is 1.89 bits per heavy atom. The van der Waals surface area contributed by atoms with Gasteiger partial charge >= 0.3 is 11.9 Å². The van der Waals surface area contributed by atoms with E-state index in [1.807, 2.05) is 0 Å². The molecule has 0 saturated heterocycles. The molecule has 0 spiro atoms. The Kier molecular flexibility index (Phi) is 7.89. The Balaban J connectivity index is 2.13. The van der Waals surface area contributed by atoms with Gasteiger partial charge in [-0.1, -0.05) is 11.6 Å². The molecule has 0 unspecified atom stereocenters. The molecule has 3 aromatic rings. The second-order valence-electron chi connectivity index (χ2n) is 7.11. The summed E-state index contributed by atoms with van der Waals surface area (Å²) in [5.74, 6) is -4.46. The fraction of sp³-hybridized carbons (Fsp3) is 0.286. The molecule has 2 N–H and O–H groups in total. The molecule has 0 aliphatic heterocycles. The lowest BCUT2D eigenvalue weighted by Crippen LogP contribution is -2.25. The molecule has 15 heteroatoms. The molecule has 1 aromatic heterocycles. The van der Waals surface area contributed by atoms with Crippen LogP contribution in [0.3, 0.4) is 0 Å². The van der Waals surface area contributed by atoms with E-state index in [9.17, 15) is 32.3 Å². The molecule has 0 aliphatic carbocycles. The number of halogens is 6. The average molecular weight is 537 g/mol. The number of methoxy groups -OCH3 is 1. The van der Waals surface area contributed by atoms with Gasteiger partial charge in [0.25, 0.3) is 5.91 Å². The van der Waals surface area contributed by atoms with Crippen molar-refractivity contribution in [2.75, 3.05) is 19.0 Å². The highest BCUT2D eigenvalue weighted by Crippen LogP contribution is 2.35. The minimum Gasteiger partial charge on any atom is -0.495 e. The van der Waals surface area contributed by atoms with Gasteiger partial charge < -0.3 is 19.9 Å². The van der Waals surface area contributed by atoms with Crippen molar-refractivity contribution in [2.45, 2.75) is 26.3 Å². The van der Waals surface area contributed by atoms with E-state index in [4.69, 9.17) is 21.1 Å². The number of benzene rings is 2. The molecule has 3 rings (SSSR count). The quantitative estimate of drug-likeness (QED) is 0.425. The zero-order valence-electron chi connectivity index (χ0n) is 18.6. The fourth-order valence-corrected chi connectivity index (χ4v) is 3.45. The normalized spacial score (nSPS) is 11.5. The summed E-state index contributed by atoms with van der Waals surface area (Å²) in [7, 11) is 1.23. The Hall–Kier alpha value is -3.65. The third-order valence-electron chi connectivity index (χ3n) is 4.82. The minimum atomic E-state index is -4.84. The first-order valence-corrected chi connectivity index (χ1v) is 10.5. The van der Waals surface area contributed by atoms with Gasteiger partial charge in [0.1, 0.15) is 40.5 Å². The first-order valence-electron chi connectivity index (χ1n) is 10.1. The van der Waals surface area contributed by atoms with Gasteiger partial charge in [-0.05, 0) is 25.1 Å². The van der Waals surface area contributed by atoms with Gasteiger partial charge in [-0.15, -0.1) is 5.10 Å². The maximum atomic E-state index is 15.0. The number of anilines is 1. The Bertz CT molecular complexity index is 1360. The monoisotopic (exact) mass is 536 g/mol. The van der Waals surface area contributed by atoms with E-state index in [1.54, 1.807) is 6.92 Å². The highest BCUT2D eigenvalue weighted by Gasteiger charge is 2.30. The number of carbonyl (C=O) groups excluding carboxylic acids is 1. The molecule has 1 amide bonds. The Morgan fingerprint density at radius 3 is 2.44 bits per heavy atom. The van der Waals surface area contributed by atoms with Crippen LogP contribution < -0.4 is 20.5 Å². The number of aliphatic hydroxyl groups excluding tert-OH is 1. The van der Waals surface area contributed by atoms with E-state index in [2.05, 4.69) is 10.4 Å². The van der Waals surface area contributed by atoms with Crippen molar-refractivity contribution in [1.82, 2.24) is 14.3 Å². The lowest BCUT2D eigenvalue weighted by atomic mass is 10.1. The standard InChI is InChI=1S/C21H18ClF5N4O5/c1-3-30-16(8-32)29-31(20(30)34)13-7-15(36-9-21(25,26)27)10(6-12(13)24)19(33)28-18-11(23)4-5-14(35-2)17(18)22/h4-7,32H,3,8-9H2,1-2H3,(H,28,33). The zero-order valence-corrected chi connectivity index (χ0v) is 19.4. The van der Waals surface area contributed by atoms with Gasteiger partial charge in [0.2, 0.25) is 0 Å². The number of aliphatic hydroxyl groups is 1. The Morgan fingerprint density at radius 1 is 1.19 bits per heavy atom. The molecule has 0 radical (unpaired) electrons. The van der Waals surface area contributed by atoms with Crippen LogP contribution in [0.2, 0.25) is 5.02 Å². The highest BCUT2D eigenvalue weighted by molar-refractivity contribution is 6.35. The summed E-state index contributed by atoms with van der Waals surface area (Å²) >= 11 is 6.00. The second kappa shape index (κ2) is 10.5. The smallest absolute Gasteiger partial charge is 0.422 e. The van der Waals surface area contributed by atoms with E-state index in [-0.39, 0.29) is 23.1 Å². The number of amides is 1. The van der Waals surface area contributed by atoms with E-state index in [0.29, 0.717) is 16.8 Å². The number of alkyl halides is 3. The summed E-state index contributed by atoms with van der Waals surface area (Å²) in [5.41, 5.74) is -2.88. The maximum Gasteiger partial charge on any atom is 0.422 e. The molecule has 0 fully saturated rings. The van der Waals surface area contributed by atoms with Crippen LogP contribution in [0.15, 0.2) is 29.1 Å². The number of hydrogen-bond acceptors (Lipinski definition) is 6. The SMILES string of the molecule is CCn1c(CO)nn(-c2cc(OCC(F)(F)F)c(C(=O)Nc3c(F)ccc(OC)c3Cl)cc2F)c1=O. The minimum absolute atomic E-state index is 0.0194. The molecule has 0 bridgehead atoms. The third kappa shape index (κ3) is 5.44. The van der Waals surface area contributed by atoms with Crippen molar-refractivity contribution < 1.29 is 41.3 Å². The molecule has 194 valence electrons. The summed E-state index contributed by atoms with van der Waals surface area (Å²) in [4.78, 5) is 25.4. The molecular formula is C21H18ClF5N4O5. The van der Waals surface area contributed by atoms with Crippen molar-refractivity contribution in [3.8, 4) is 17.2 Å². The van der Waals surface area contributed by atoms with Crippen LogP contribution in [0.25, 0.3) is 5.69 Å². The van der Waals surface area contributed by atoms with Gasteiger partial charge in [0.05, 0.1) is 18.4 Å². The van der Waals surface area contributed by atoms with Crippen LogP contribution in [0.1, 0.15) is 23.1 Å². The summed E-state index contributed by atoms with van der Waals surface area (Å²) < 4.78 is 79.0. The van der Waals surface area contributed by atoms with Crippen LogP contribution in [0.4, 0.5) is 27.6 Å². The number of rotatable bonds is 8. The number of aromatic nitrogens is 3. The lowest BCUT2D eigenvalue weighted by Gasteiger charge is -2.16. The summed E-state index contributed by atoms with van der Waals surface area (Å²) in [6.07, 6.45) is -4.84. The molecule has 1 heterocycles. The Labute approximate surface area is 204 Å². The topological polar surface area (TPSA) is 108 Å². The average Bonchev–Trinajstić information content (AvgIpc) is 3.15. The first-order chi connectivity index (χ1) is 16.9. The lowest BCUT2D eigenvalue weighted by molar-refractivity contribution is -0.153. The molecule has 0 saturated carbocycles. The fourth-order valence-electron chi connectivity index (χ4n) is 3.18. The van der Waals surface area contributed by atoms with Gasteiger partial charge in [-0.2, -0.15) is 17.9 Å². The third-order valence-corrected chi connectivity index (χ3v) is 5.20. The predicted octanol–water partition coefficient (Wildman–Crippen LogP) is 3.68. The molecule has 36 heavy (non-hydrogen) atoms. The van der Waals surface area contributed by atoms with Crippen molar-refractivity contribution >= 4 is 23.2 Å². The van der Waals surface area contributed by atoms with Gasteiger partial charge in [0, 0.05) is 12.6 Å². The number of nitrogens with one attached hydrogen (secondary N) is 1. The van der Waals surface area contributed by atoms with Crippen LogP contribution in [-0.2, 0) is 13.2 Å². The summed E-state index contributed by atoms with van der Waals surface area (Å²) in [6.45, 7) is -0.937. The van der Waals surface area contributed by atoms with Crippen molar-refractivity contribution in [3.63, 3.8) is 0 Å². The van der Waals surface area contributed by atoms with E-state index < -0.39 is 65.3 Å². The first kappa shape index (κ1) is 26.9. The van der Waals surface area contributed by atoms with Gasteiger partial charge in [-0.25, -0.2) is 13.6 Å². The second-order valence-corrected chi connectivity index (χ2v) is 7.49. The molecule has 0 aliphatic rings. The van der Waals surface area contributed by atoms with Crippen LogP contribution >= 0.6 is 11.6 Å². The maximum absolute atomic E-state index is 15.0. The van der Waals surface area contributed by atoms with E-state index in [0.717, 1.165) is 10.6 Å². The highest BCUT2D eigenvalue weighted by atomic mass is 35.5. The van der Waals surface area contributed by atoms with E-state index >= 15 is 4.39 Å². The van der Waals surface area contributed by atoms with Crippen LogP contribution in [0, 0.1) is 11.6 Å². The molecule has 2 aromatic carbocycles. The van der Waals surface area contributed by atoms with Crippen molar-refractivity contribution in [3.05, 3.63) is 62.8 Å². The molecule has 9 nitrogen and oxygen atoms in total. The van der Waals surface area contributed by atoms with Crippen LogP contribution in [-0.4, -0.2) is 45.3 Å². The van der Waals surface area contributed by atoms with Crippen molar-refractivity contribution in [1.29, 1.82) is 0 Å². The largest absolute Gasteiger partial charge is 0.495 e. The van der Waals surface area contributed by atoms with Gasteiger partial charge in [0.15, 0.2) is 12.4 Å². The molecular weight excluding hydrogens is 519 g/mol. The summed E-state index contributed by atoms with van der Waals surface area (Å²) in [6, 6.07) is 3.25. The van der Waals surface area contributed by atoms with Crippen molar-refractivity contribution in [2.24, 2.45) is 0 Å². The number of ether oxygens (including phenoxy) is 2. The number of nitrogens with zero attached hydrogens (tertiary/aromatic N) is 3. The van der Waals surface area contributed by atoms with Gasteiger partial charge in [-0.3, -0.25) is 9.36 Å². The summed E-state index contributed by atoms with van der Waals surface area (Å²) in [5, 5.41) is 14.9.